The lowest BCUT2D eigenvalue weighted by Gasteiger charge is -2.07. The summed E-state index contributed by atoms with van der Waals surface area (Å²) in [5, 5.41) is 15.7. The van der Waals surface area contributed by atoms with Crippen LogP contribution in [0, 0.1) is 0 Å². The Morgan fingerprint density at radius 1 is 1.17 bits per heavy atom. The highest BCUT2D eigenvalue weighted by atomic mass is 16.5. The van der Waals surface area contributed by atoms with Gasteiger partial charge in [-0.05, 0) is 60.5 Å². The van der Waals surface area contributed by atoms with E-state index in [9.17, 15) is 9.90 Å². The number of carbonyl (C=O) groups excluding carboxylic acids is 1. The molecule has 0 aromatic heterocycles. The van der Waals surface area contributed by atoms with Crippen LogP contribution < -0.4 is 15.5 Å². The van der Waals surface area contributed by atoms with E-state index in [2.05, 4.69) is 22.8 Å². The number of hydrogen-bond acceptors (Lipinski definition) is 4. The van der Waals surface area contributed by atoms with E-state index in [1.165, 1.54) is 6.21 Å². The van der Waals surface area contributed by atoms with Crippen LogP contribution in [0.3, 0.4) is 0 Å². The monoisotopic (exact) mass is 327 g/mol. The zero-order chi connectivity index (χ0) is 17.2. The predicted octanol–water partition coefficient (Wildman–Crippen LogP) is 3.73. The van der Waals surface area contributed by atoms with Crippen molar-refractivity contribution in [2.24, 2.45) is 5.10 Å². The molecule has 6 nitrogen and oxygen atoms in total. The minimum Gasteiger partial charge on any atom is -0.508 e. The number of hydrogen-bond donors (Lipinski definition) is 3. The maximum absolute atomic E-state index is 11.7. The molecule has 0 heterocycles. The van der Waals surface area contributed by atoms with Crippen molar-refractivity contribution in [2.75, 3.05) is 11.9 Å². The third-order valence-electron chi connectivity index (χ3n) is 3.15. The highest BCUT2D eigenvalue weighted by Gasteiger charge is 2.00. The number of aromatic hydroxyl groups is 1. The van der Waals surface area contributed by atoms with Gasteiger partial charge in [-0.2, -0.15) is 5.10 Å². The number of phenolic OH excluding ortho intramolecular Hbond substituents is 1. The van der Waals surface area contributed by atoms with Gasteiger partial charge in [0.15, 0.2) is 0 Å². The number of nitrogens with one attached hydrogen (secondary N) is 2. The van der Waals surface area contributed by atoms with E-state index in [-0.39, 0.29) is 5.75 Å². The van der Waals surface area contributed by atoms with Crippen LogP contribution >= 0.6 is 0 Å². The zero-order valence-electron chi connectivity index (χ0n) is 13.5. The number of amides is 2. The van der Waals surface area contributed by atoms with Gasteiger partial charge < -0.3 is 15.2 Å². The summed E-state index contributed by atoms with van der Waals surface area (Å²) >= 11 is 0. The topological polar surface area (TPSA) is 83.0 Å². The highest BCUT2D eigenvalue weighted by molar-refractivity contribution is 5.90. The Morgan fingerprint density at radius 3 is 2.54 bits per heavy atom. The van der Waals surface area contributed by atoms with Crippen molar-refractivity contribution >= 4 is 17.9 Å². The molecular formula is C18H21N3O3. The number of nitrogens with zero attached hydrogens (tertiary/aromatic N) is 1. The Labute approximate surface area is 141 Å². The summed E-state index contributed by atoms with van der Waals surface area (Å²) in [7, 11) is 0. The molecule has 2 aromatic carbocycles. The first-order chi connectivity index (χ1) is 11.7. The normalized spacial score (nSPS) is 10.5. The maximum atomic E-state index is 11.7. The van der Waals surface area contributed by atoms with Gasteiger partial charge in [0.25, 0.3) is 0 Å². The summed E-state index contributed by atoms with van der Waals surface area (Å²) in [4.78, 5) is 11.7. The van der Waals surface area contributed by atoms with Gasteiger partial charge in [0.05, 0.1) is 12.8 Å². The molecule has 0 spiro atoms. The van der Waals surface area contributed by atoms with Crippen molar-refractivity contribution < 1.29 is 14.6 Å². The molecule has 0 aliphatic heterocycles. The number of ether oxygens (including phenoxy) is 1. The second kappa shape index (κ2) is 9.19. The molecule has 2 aromatic rings. The summed E-state index contributed by atoms with van der Waals surface area (Å²) in [6.07, 6.45) is 3.59. The number of unbranched alkanes of at least 4 members (excludes halogenated alkanes) is 1. The molecule has 0 fully saturated rings. The van der Waals surface area contributed by atoms with Crippen LogP contribution in [-0.2, 0) is 0 Å². The summed E-state index contributed by atoms with van der Waals surface area (Å²) < 4.78 is 5.56. The molecule has 6 heteroatoms. The first-order valence-electron chi connectivity index (χ1n) is 7.79. The smallest absolute Gasteiger partial charge is 0.339 e. The van der Waals surface area contributed by atoms with E-state index in [1.54, 1.807) is 36.4 Å². The van der Waals surface area contributed by atoms with Gasteiger partial charge >= 0.3 is 6.03 Å². The summed E-state index contributed by atoms with van der Waals surface area (Å²) in [5.74, 6) is 0.958. The molecule has 0 unspecified atom stereocenters. The largest absolute Gasteiger partial charge is 0.508 e. The predicted molar refractivity (Wildman–Crippen MR) is 94.7 cm³/mol. The van der Waals surface area contributed by atoms with Crippen molar-refractivity contribution in [1.82, 2.24) is 5.43 Å². The number of phenols is 1. The van der Waals surface area contributed by atoms with Crippen LogP contribution in [0.4, 0.5) is 10.5 Å². The first kappa shape index (κ1) is 17.3. The second-order valence-electron chi connectivity index (χ2n) is 5.14. The Kier molecular flexibility index (Phi) is 6.64. The van der Waals surface area contributed by atoms with Crippen molar-refractivity contribution in [3.05, 3.63) is 54.1 Å². The lowest BCUT2D eigenvalue weighted by molar-refractivity contribution is 0.252. The van der Waals surface area contributed by atoms with Crippen LogP contribution in [0.15, 0.2) is 53.6 Å². The molecule has 3 N–H and O–H groups in total. The van der Waals surface area contributed by atoms with Crippen LogP contribution in [-0.4, -0.2) is 24.0 Å². The van der Waals surface area contributed by atoms with E-state index >= 15 is 0 Å². The summed E-state index contributed by atoms with van der Waals surface area (Å²) in [5.41, 5.74) is 3.79. The minimum atomic E-state index is -0.440. The number of hydrazone groups is 1. The molecule has 126 valence electrons. The van der Waals surface area contributed by atoms with Crippen LogP contribution in [0.1, 0.15) is 25.3 Å². The molecule has 2 rings (SSSR count). The Morgan fingerprint density at radius 2 is 1.88 bits per heavy atom. The van der Waals surface area contributed by atoms with Gasteiger partial charge in [-0.25, -0.2) is 10.2 Å². The molecule has 0 bridgehead atoms. The average molecular weight is 327 g/mol. The molecule has 2 amide bonds. The number of rotatable bonds is 7. The molecular weight excluding hydrogens is 306 g/mol. The van der Waals surface area contributed by atoms with E-state index < -0.39 is 6.03 Å². The number of carbonyl (C=O) groups is 1. The fraction of sp³-hybridized carbons (Fsp3) is 0.222. The van der Waals surface area contributed by atoms with Gasteiger partial charge in [0.1, 0.15) is 11.5 Å². The molecule has 0 aliphatic rings. The van der Waals surface area contributed by atoms with Crippen LogP contribution in [0.25, 0.3) is 0 Å². The van der Waals surface area contributed by atoms with Gasteiger partial charge in [0, 0.05) is 5.69 Å². The van der Waals surface area contributed by atoms with Gasteiger partial charge in [-0.3, -0.25) is 0 Å². The van der Waals surface area contributed by atoms with Crippen molar-refractivity contribution in [3.63, 3.8) is 0 Å². The van der Waals surface area contributed by atoms with E-state index in [0.29, 0.717) is 12.3 Å². The molecule has 0 atom stereocenters. The van der Waals surface area contributed by atoms with E-state index in [4.69, 9.17) is 4.74 Å². The first-order valence-corrected chi connectivity index (χ1v) is 7.79. The number of anilines is 1. The van der Waals surface area contributed by atoms with Gasteiger partial charge in [-0.1, -0.05) is 13.3 Å². The fourth-order valence-electron chi connectivity index (χ4n) is 1.85. The maximum Gasteiger partial charge on any atom is 0.339 e. The van der Waals surface area contributed by atoms with Gasteiger partial charge in [-0.15, -0.1) is 0 Å². The second-order valence-corrected chi connectivity index (χ2v) is 5.14. The lowest BCUT2D eigenvalue weighted by atomic mass is 10.2. The van der Waals surface area contributed by atoms with Crippen LogP contribution in [0.2, 0.25) is 0 Å². The minimum absolute atomic E-state index is 0.181. The molecule has 24 heavy (non-hydrogen) atoms. The van der Waals surface area contributed by atoms with Gasteiger partial charge in [0.2, 0.25) is 0 Å². The molecule has 0 aliphatic carbocycles. The third-order valence-corrected chi connectivity index (χ3v) is 3.15. The fourth-order valence-corrected chi connectivity index (χ4v) is 1.85. The SMILES string of the molecule is CCCCOc1ccc(NC(=O)NN=Cc2ccc(O)cc2)cc1. The molecule has 0 saturated carbocycles. The Bertz CT molecular complexity index is 667. The molecule has 0 radical (unpaired) electrons. The van der Waals surface area contributed by atoms with Crippen molar-refractivity contribution in [2.45, 2.75) is 19.8 Å². The number of benzene rings is 2. The quantitative estimate of drug-likeness (QED) is 0.412. The lowest BCUT2D eigenvalue weighted by Crippen LogP contribution is -2.24. The van der Waals surface area contributed by atoms with Crippen molar-refractivity contribution in [1.29, 1.82) is 0 Å². The summed E-state index contributed by atoms with van der Waals surface area (Å²) in [6.45, 7) is 2.80. The number of urea groups is 1. The Balaban J connectivity index is 1.78. The Hall–Kier alpha value is -3.02. The van der Waals surface area contributed by atoms with Crippen LogP contribution in [0.5, 0.6) is 11.5 Å². The highest BCUT2D eigenvalue weighted by Crippen LogP contribution is 2.16. The van der Waals surface area contributed by atoms with E-state index in [1.807, 2.05) is 12.1 Å². The zero-order valence-corrected chi connectivity index (χ0v) is 13.5. The summed E-state index contributed by atoms with van der Waals surface area (Å²) in [6, 6.07) is 13.2. The average Bonchev–Trinajstić information content (AvgIpc) is 2.58. The van der Waals surface area contributed by atoms with E-state index in [0.717, 1.165) is 24.2 Å². The molecule has 0 saturated heterocycles. The van der Waals surface area contributed by atoms with Crippen molar-refractivity contribution in [3.8, 4) is 11.5 Å². The third kappa shape index (κ3) is 6.00. The standard InChI is InChI=1S/C18H21N3O3/c1-2-3-12-24-17-10-6-15(7-11-17)20-18(23)21-19-13-14-4-8-16(22)9-5-14/h4-11,13,22H,2-3,12H2,1H3,(H2,20,21,23).